The molecule has 0 saturated carbocycles. The monoisotopic (exact) mass is 506 g/mol. The summed E-state index contributed by atoms with van der Waals surface area (Å²) in [5.41, 5.74) is 2.63. The maximum absolute atomic E-state index is 13.0. The lowest BCUT2D eigenvalue weighted by atomic mass is 10.1. The minimum absolute atomic E-state index is 0.0313. The number of halogens is 2. The Morgan fingerprint density at radius 1 is 1.00 bits per heavy atom. The Morgan fingerprint density at radius 2 is 1.70 bits per heavy atom. The highest BCUT2D eigenvalue weighted by Crippen LogP contribution is 2.25. The van der Waals surface area contributed by atoms with E-state index in [1.165, 1.54) is 18.5 Å². The fourth-order valence-corrected chi connectivity index (χ4v) is 4.83. The van der Waals surface area contributed by atoms with E-state index in [0.717, 1.165) is 11.1 Å². The van der Waals surface area contributed by atoms with Gasteiger partial charge in [-0.2, -0.15) is 4.31 Å². The zero-order chi connectivity index (χ0) is 24.2. The number of benzene rings is 3. The average molecular weight is 507 g/mol. The van der Waals surface area contributed by atoms with Crippen LogP contribution in [-0.4, -0.2) is 32.8 Å². The van der Waals surface area contributed by atoms with Gasteiger partial charge in [0.1, 0.15) is 5.75 Å². The third kappa shape index (κ3) is 6.06. The molecule has 6 nitrogen and oxygen atoms in total. The van der Waals surface area contributed by atoms with E-state index in [1.807, 2.05) is 6.92 Å². The summed E-state index contributed by atoms with van der Waals surface area (Å²) in [4.78, 5) is 12.9. The quantitative estimate of drug-likeness (QED) is 0.463. The largest absolute Gasteiger partial charge is 0.496 e. The third-order valence-electron chi connectivity index (χ3n) is 5.12. The van der Waals surface area contributed by atoms with Crippen molar-refractivity contribution >= 4 is 39.1 Å². The van der Waals surface area contributed by atoms with Crippen LogP contribution in [0.4, 0.5) is 0 Å². The number of hydrogen-bond acceptors (Lipinski definition) is 4. The van der Waals surface area contributed by atoms with Gasteiger partial charge < -0.3 is 10.1 Å². The first kappa shape index (κ1) is 25.1. The van der Waals surface area contributed by atoms with Gasteiger partial charge in [0.25, 0.3) is 5.91 Å². The molecule has 33 heavy (non-hydrogen) atoms. The van der Waals surface area contributed by atoms with Crippen molar-refractivity contribution in [3.05, 3.63) is 93.0 Å². The molecule has 0 heterocycles. The number of methoxy groups -OCH3 is 1. The molecule has 3 aromatic rings. The first-order chi connectivity index (χ1) is 15.6. The first-order valence-corrected chi connectivity index (χ1v) is 12.2. The van der Waals surface area contributed by atoms with Crippen LogP contribution < -0.4 is 10.1 Å². The van der Waals surface area contributed by atoms with E-state index >= 15 is 0 Å². The van der Waals surface area contributed by atoms with Crippen LogP contribution in [-0.2, 0) is 23.1 Å². The van der Waals surface area contributed by atoms with Crippen LogP contribution in [0.15, 0.2) is 65.6 Å². The number of nitrogens with zero attached hydrogens (tertiary/aromatic N) is 1. The number of ether oxygens (including phenoxy) is 1. The molecule has 0 aliphatic rings. The molecular weight excluding hydrogens is 483 g/mol. The smallest absolute Gasteiger partial charge is 0.251 e. The zero-order valence-corrected chi connectivity index (χ0v) is 20.8. The second kappa shape index (κ2) is 10.6. The van der Waals surface area contributed by atoms with E-state index in [1.54, 1.807) is 60.7 Å². The van der Waals surface area contributed by atoms with E-state index in [9.17, 15) is 13.2 Å². The summed E-state index contributed by atoms with van der Waals surface area (Å²) < 4.78 is 32.5. The molecule has 3 aromatic carbocycles. The molecule has 0 aliphatic carbocycles. The van der Waals surface area contributed by atoms with Gasteiger partial charge in [0.15, 0.2) is 0 Å². The summed E-state index contributed by atoms with van der Waals surface area (Å²) in [6.45, 7) is 2.14. The topological polar surface area (TPSA) is 75.7 Å². The fourth-order valence-electron chi connectivity index (χ4n) is 3.20. The fraction of sp³-hybridized carbons (Fsp3) is 0.208. The molecule has 0 bridgehead atoms. The minimum atomic E-state index is -3.71. The molecule has 1 amide bonds. The Bertz CT molecular complexity index is 1260. The van der Waals surface area contributed by atoms with Gasteiger partial charge in [-0.05, 0) is 55.0 Å². The number of nitrogens with one attached hydrogen (secondary N) is 1. The summed E-state index contributed by atoms with van der Waals surface area (Å²) in [6.07, 6.45) is 0. The van der Waals surface area contributed by atoms with E-state index in [2.05, 4.69) is 5.32 Å². The van der Waals surface area contributed by atoms with Crippen LogP contribution in [0.2, 0.25) is 10.0 Å². The normalized spacial score (nSPS) is 11.5. The highest BCUT2D eigenvalue weighted by Gasteiger charge is 2.22. The highest BCUT2D eigenvalue weighted by atomic mass is 35.5. The molecule has 9 heteroatoms. The number of rotatable bonds is 8. The first-order valence-electron chi connectivity index (χ1n) is 10.0. The van der Waals surface area contributed by atoms with Gasteiger partial charge in [0, 0.05) is 41.3 Å². The van der Waals surface area contributed by atoms with Crippen molar-refractivity contribution in [1.29, 1.82) is 0 Å². The molecule has 174 valence electrons. The average Bonchev–Trinajstić information content (AvgIpc) is 2.78. The van der Waals surface area contributed by atoms with Crippen molar-refractivity contribution in [1.82, 2.24) is 9.62 Å². The predicted molar refractivity (Wildman–Crippen MR) is 130 cm³/mol. The van der Waals surface area contributed by atoms with Crippen molar-refractivity contribution in [2.75, 3.05) is 14.2 Å². The van der Waals surface area contributed by atoms with Crippen molar-refractivity contribution in [3.63, 3.8) is 0 Å². The maximum atomic E-state index is 13.0. The summed E-state index contributed by atoms with van der Waals surface area (Å²) in [5, 5.41) is 3.79. The van der Waals surface area contributed by atoms with Crippen molar-refractivity contribution in [2.24, 2.45) is 0 Å². The van der Waals surface area contributed by atoms with E-state index in [0.29, 0.717) is 26.9 Å². The number of aryl methyl sites for hydroxylation is 1. The SMILES string of the molecule is COc1ccc(C(=O)NCc2ccc(Cl)cc2Cl)cc1CN(C)S(=O)(=O)c1ccc(C)cc1. The highest BCUT2D eigenvalue weighted by molar-refractivity contribution is 7.89. The molecule has 0 aromatic heterocycles. The van der Waals surface area contributed by atoms with Crippen LogP contribution in [0.25, 0.3) is 0 Å². The Balaban J connectivity index is 1.78. The molecule has 0 unspecified atom stereocenters. The number of carbonyl (C=O) groups is 1. The molecule has 0 radical (unpaired) electrons. The number of carbonyl (C=O) groups excluding carboxylic acids is 1. The lowest BCUT2D eigenvalue weighted by Crippen LogP contribution is -2.27. The van der Waals surface area contributed by atoms with Gasteiger partial charge in [-0.15, -0.1) is 0 Å². The third-order valence-corrected chi connectivity index (χ3v) is 7.52. The van der Waals surface area contributed by atoms with E-state index in [4.69, 9.17) is 27.9 Å². The van der Waals surface area contributed by atoms with Gasteiger partial charge in [-0.3, -0.25) is 4.79 Å². The molecule has 3 rings (SSSR count). The summed E-state index contributed by atoms with van der Waals surface area (Å²) in [5.74, 6) is 0.159. The molecule has 0 atom stereocenters. The van der Waals surface area contributed by atoms with Crippen LogP contribution in [0.1, 0.15) is 27.0 Å². The minimum Gasteiger partial charge on any atom is -0.496 e. The van der Waals surface area contributed by atoms with Crippen molar-refractivity contribution in [3.8, 4) is 5.75 Å². The molecule has 0 aliphatic heterocycles. The standard InChI is InChI=1S/C24H24Cl2N2O4S/c1-16-4-9-21(10-5-16)33(30,31)28(2)15-19-12-17(7-11-23(19)32-3)24(29)27-14-18-6-8-20(25)13-22(18)26/h4-13H,14-15H2,1-3H3,(H,27,29). The molecule has 0 spiro atoms. The molecular formula is C24H24Cl2N2O4S. The van der Waals surface area contributed by atoms with Gasteiger partial charge >= 0.3 is 0 Å². The number of sulfonamides is 1. The van der Waals surface area contributed by atoms with Crippen LogP contribution in [0.3, 0.4) is 0 Å². The lowest BCUT2D eigenvalue weighted by molar-refractivity contribution is 0.0950. The van der Waals surface area contributed by atoms with Gasteiger partial charge in [-0.25, -0.2) is 8.42 Å². The second-order valence-corrected chi connectivity index (χ2v) is 10.4. The Hall–Kier alpha value is -2.58. The van der Waals surface area contributed by atoms with Crippen LogP contribution in [0, 0.1) is 6.92 Å². The zero-order valence-electron chi connectivity index (χ0n) is 18.4. The van der Waals surface area contributed by atoms with E-state index in [-0.39, 0.29) is 23.9 Å². The van der Waals surface area contributed by atoms with Gasteiger partial charge in [-0.1, -0.05) is 47.0 Å². The molecule has 0 fully saturated rings. The van der Waals surface area contributed by atoms with Gasteiger partial charge in [0.2, 0.25) is 10.0 Å². The molecule has 1 N–H and O–H groups in total. The Kier molecular flexibility index (Phi) is 8.02. The summed E-state index contributed by atoms with van der Waals surface area (Å²) in [6, 6.07) is 16.6. The van der Waals surface area contributed by atoms with Crippen molar-refractivity contribution in [2.45, 2.75) is 24.9 Å². The Morgan fingerprint density at radius 3 is 2.33 bits per heavy atom. The number of amides is 1. The van der Waals surface area contributed by atoms with Crippen molar-refractivity contribution < 1.29 is 17.9 Å². The van der Waals surface area contributed by atoms with Gasteiger partial charge in [0.05, 0.1) is 12.0 Å². The Labute approximate surface area is 204 Å². The van der Waals surface area contributed by atoms with E-state index < -0.39 is 10.0 Å². The lowest BCUT2D eigenvalue weighted by Gasteiger charge is -2.19. The summed E-state index contributed by atoms with van der Waals surface area (Å²) in [7, 11) is -0.729. The summed E-state index contributed by atoms with van der Waals surface area (Å²) >= 11 is 12.1. The number of hydrogen-bond donors (Lipinski definition) is 1. The molecule has 0 saturated heterocycles. The predicted octanol–water partition coefficient (Wildman–Crippen LogP) is 5.06. The van der Waals surface area contributed by atoms with Crippen LogP contribution in [0.5, 0.6) is 5.75 Å². The second-order valence-electron chi connectivity index (χ2n) is 7.52. The van der Waals surface area contributed by atoms with Crippen LogP contribution >= 0.6 is 23.2 Å². The maximum Gasteiger partial charge on any atom is 0.251 e.